The number of hydrogen-bond donors (Lipinski definition) is 0. The number of halogens is 1. The zero-order valence-electron chi connectivity index (χ0n) is 17.5. The van der Waals surface area contributed by atoms with Crippen LogP contribution in [0.1, 0.15) is 32.0 Å². The van der Waals surface area contributed by atoms with Gasteiger partial charge in [-0.2, -0.15) is 0 Å². The van der Waals surface area contributed by atoms with E-state index in [9.17, 15) is 18.8 Å². The predicted octanol–water partition coefficient (Wildman–Crippen LogP) is 1.61. The lowest BCUT2D eigenvalue weighted by Crippen LogP contribution is -2.41. The van der Waals surface area contributed by atoms with Gasteiger partial charge in [0.15, 0.2) is 0 Å². The Morgan fingerprint density at radius 3 is 2.45 bits per heavy atom. The molecular formula is C22H22FN5O3. The van der Waals surface area contributed by atoms with E-state index < -0.39 is 17.3 Å². The molecule has 0 fully saturated rings. The van der Waals surface area contributed by atoms with E-state index in [0.29, 0.717) is 35.5 Å². The zero-order chi connectivity index (χ0) is 22.3. The van der Waals surface area contributed by atoms with Crippen molar-refractivity contribution >= 4 is 11.8 Å². The molecule has 0 radical (unpaired) electrons. The van der Waals surface area contributed by atoms with Crippen LogP contribution in [0.4, 0.5) is 4.39 Å². The van der Waals surface area contributed by atoms with Crippen LogP contribution in [-0.2, 0) is 20.0 Å². The molecule has 4 rings (SSSR count). The Morgan fingerprint density at radius 1 is 1.13 bits per heavy atom. The topological polar surface area (TPSA) is 80.4 Å². The highest BCUT2D eigenvalue weighted by molar-refractivity contribution is 5.96. The normalized spacial score (nSPS) is 13.1. The summed E-state index contributed by atoms with van der Waals surface area (Å²) in [5.41, 5.74) is 1.74. The molecule has 0 aliphatic carbocycles. The lowest BCUT2D eigenvalue weighted by atomic mass is 9.95. The zero-order valence-corrected chi connectivity index (χ0v) is 17.5. The molecule has 160 valence electrons. The number of aryl methyl sites for hydroxylation is 1. The average molecular weight is 423 g/mol. The van der Waals surface area contributed by atoms with Gasteiger partial charge in [-0.25, -0.2) is 9.37 Å². The van der Waals surface area contributed by atoms with Crippen LogP contribution >= 0.6 is 0 Å². The minimum Gasteiger partial charge on any atom is -0.345 e. The van der Waals surface area contributed by atoms with Crippen molar-refractivity contribution in [1.29, 1.82) is 0 Å². The van der Waals surface area contributed by atoms with Crippen molar-refractivity contribution in [2.24, 2.45) is 7.05 Å². The maximum Gasteiger partial charge on any atom is 0.274 e. The van der Waals surface area contributed by atoms with Gasteiger partial charge < -0.3 is 14.4 Å². The number of rotatable bonds is 3. The summed E-state index contributed by atoms with van der Waals surface area (Å²) in [6, 6.07) is 5.47. The summed E-state index contributed by atoms with van der Waals surface area (Å²) in [5.74, 6) is -1.04. The highest BCUT2D eigenvalue weighted by Gasteiger charge is 2.30. The molecule has 0 saturated carbocycles. The number of aromatic nitrogens is 3. The standard InChI is InChI=1S/C22H22FN5O3/c1-25(2)21(30)19-17-8-9-27(20(29)18-12-26(3)13-24-18)10-14(17)11-28(22(19)31)16-6-4-15(23)5-7-16/h4-7,11-13H,8-10H2,1-3H3. The number of pyridine rings is 1. The SMILES string of the molecule is CN(C)C(=O)c1c2c(cn(-c3ccc(F)cc3)c1=O)CN(C(=O)c1cn(C)cn1)CC2. The van der Waals surface area contributed by atoms with E-state index in [1.165, 1.54) is 33.7 Å². The molecule has 31 heavy (non-hydrogen) atoms. The highest BCUT2D eigenvalue weighted by Crippen LogP contribution is 2.24. The molecule has 0 spiro atoms. The fourth-order valence-corrected chi connectivity index (χ4v) is 3.75. The first-order chi connectivity index (χ1) is 14.8. The first kappa shape index (κ1) is 20.5. The summed E-state index contributed by atoms with van der Waals surface area (Å²) in [5, 5.41) is 0. The van der Waals surface area contributed by atoms with Gasteiger partial charge in [0, 0.05) is 52.3 Å². The fourth-order valence-electron chi connectivity index (χ4n) is 3.75. The molecule has 0 atom stereocenters. The minimum absolute atomic E-state index is 0.0803. The van der Waals surface area contributed by atoms with E-state index in [1.807, 2.05) is 0 Å². The summed E-state index contributed by atoms with van der Waals surface area (Å²) < 4.78 is 16.4. The van der Waals surface area contributed by atoms with Crippen LogP contribution in [0.3, 0.4) is 0 Å². The Hall–Kier alpha value is -3.75. The van der Waals surface area contributed by atoms with Crippen LogP contribution in [0.25, 0.3) is 5.69 Å². The third kappa shape index (κ3) is 3.74. The van der Waals surface area contributed by atoms with Crippen molar-refractivity contribution < 1.29 is 14.0 Å². The third-order valence-corrected chi connectivity index (χ3v) is 5.34. The van der Waals surface area contributed by atoms with Crippen molar-refractivity contribution in [2.75, 3.05) is 20.6 Å². The van der Waals surface area contributed by atoms with Crippen LogP contribution in [-0.4, -0.2) is 56.4 Å². The minimum atomic E-state index is -0.464. The van der Waals surface area contributed by atoms with Gasteiger partial charge in [-0.1, -0.05) is 0 Å². The van der Waals surface area contributed by atoms with Gasteiger partial charge in [-0.15, -0.1) is 0 Å². The van der Waals surface area contributed by atoms with Crippen molar-refractivity contribution in [3.63, 3.8) is 0 Å². The summed E-state index contributed by atoms with van der Waals surface area (Å²) in [7, 11) is 4.96. The Kier molecular flexibility index (Phi) is 5.18. The van der Waals surface area contributed by atoms with E-state index in [4.69, 9.17) is 0 Å². The van der Waals surface area contributed by atoms with Crippen LogP contribution < -0.4 is 5.56 Å². The monoisotopic (exact) mass is 423 g/mol. The highest BCUT2D eigenvalue weighted by atomic mass is 19.1. The smallest absolute Gasteiger partial charge is 0.274 e. The van der Waals surface area contributed by atoms with Gasteiger partial charge in [0.25, 0.3) is 17.4 Å². The summed E-state index contributed by atoms with van der Waals surface area (Å²) in [6.45, 7) is 0.607. The van der Waals surface area contributed by atoms with E-state index >= 15 is 0 Å². The second-order valence-electron chi connectivity index (χ2n) is 7.76. The second kappa shape index (κ2) is 7.82. The number of benzene rings is 1. The van der Waals surface area contributed by atoms with Crippen molar-refractivity contribution in [3.05, 3.63) is 81.5 Å². The Morgan fingerprint density at radius 2 is 1.84 bits per heavy atom. The Labute approximate surface area is 178 Å². The third-order valence-electron chi connectivity index (χ3n) is 5.34. The first-order valence-electron chi connectivity index (χ1n) is 9.78. The molecule has 8 nitrogen and oxygen atoms in total. The van der Waals surface area contributed by atoms with Crippen LogP contribution in [0.15, 0.2) is 47.8 Å². The molecule has 9 heteroatoms. The lowest BCUT2D eigenvalue weighted by Gasteiger charge is -2.30. The van der Waals surface area contributed by atoms with Gasteiger partial charge in [0.2, 0.25) is 0 Å². The van der Waals surface area contributed by atoms with Gasteiger partial charge in [0.1, 0.15) is 17.1 Å². The molecule has 0 saturated heterocycles. The fraction of sp³-hybridized carbons (Fsp3) is 0.273. The van der Waals surface area contributed by atoms with Gasteiger partial charge in [0.05, 0.1) is 6.33 Å². The van der Waals surface area contributed by atoms with E-state index in [1.54, 1.807) is 49.3 Å². The summed E-state index contributed by atoms with van der Waals surface area (Å²) in [4.78, 5) is 46.1. The van der Waals surface area contributed by atoms with Crippen LogP contribution in [0.2, 0.25) is 0 Å². The molecule has 2 aromatic heterocycles. The number of nitrogens with zero attached hydrogens (tertiary/aromatic N) is 5. The quantitative estimate of drug-likeness (QED) is 0.641. The average Bonchev–Trinajstić information content (AvgIpc) is 3.19. The molecular weight excluding hydrogens is 401 g/mol. The number of carbonyl (C=O) groups excluding carboxylic acids is 2. The molecule has 1 aromatic carbocycles. The van der Waals surface area contributed by atoms with Crippen molar-refractivity contribution in [1.82, 2.24) is 23.9 Å². The second-order valence-corrected chi connectivity index (χ2v) is 7.76. The lowest BCUT2D eigenvalue weighted by molar-refractivity contribution is 0.0728. The number of amides is 2. The van der Waals surface area contributed by atoms with E-state index in [-0.39, 0.29) is 18.0 Å². The van der Waals surface area contributed by atoms with E-state index in [2.05, 4.69) is 4.98 Å². The first-order valence-corrected chi connectivity index (χ1v) is 9.78. The number of carbonyl (C=O) groups is 2. The van der Waals surface area contributed by atoms with Crippen molar-refractivity contribution in [3.8, 4) is 5.69 Å². The Bertz CT molecular complexity index is 1230. The molecule has 0 N–H and O–H groups in total. The van der Waals surface area contributed by atoms with Crippen LogP contribution in [0, 0.1) is 5.82 Å². The molecule has 0 bridgehead atoms. The molecule has 1 aliphatic heterocycles. The number of imidazole rings is 1. The largest absolute Gasteiger partial charge is 0.345 e. The van der Waals surface area contributed by atoms with Gasteiger partial charge >= 0.3 is 0 Å². The number of fused-ring (bicyclic) bond motifs is 1. The molecule has 0 unspecified atom stereocenters. The molecule has 3 aromatic rings. The Balaban J connectivity index is 1.81. The summed E-state index contributed by atoms with van der Waals surface area (Å²) >= 11 is 0. The van der Waals surface area contributed by atoms with Crippen molar-refractivity contribution in [2.45, 2.75) is 13.0 Å². The maximum atomic E-state index is 13.4. The molecule has 1 aliphatic rings. The van der Waals surface area contributed by atoms with Crippen LogP contribution in [0.5, 0.6) is 0 Å². The van der Waals surface area contributed by atoms with E-state index in [0.717, 1.165) is 0 Å². The molecule has 2 amide bonds. The number of hydrogen-bond acceptors (Lipinski definition) is 4. The summed E-state index contributed by atoms with van der Waals surface area (Å²) in [6.07, 6.45) is 5.22. The predicted molar refractivity (Wildman–Crippen MR) is 112 cm³/mol. The maximum absolute atomic E-state index is 13.4. The molecule has 3 heterocycles. The van der Waals surface area contributed by atoms with Gasteiger partial charge in [-0.05, 0) is 41.8 Å². The van der Waals surface area contributed by atoms with Gasteiger partial charge in [-0.3, -0.25) is 19.0 Å².